The van der Waals surface area contributed by atoms with Crippen LogP contribution in [0.25, 0.3) is 11.1 Å². The number of benzene rings is 1. The van der Waals surface area contributed by atoms with Gasteiger partial charge in [-0.25, -0.2) is 4.98 Å². The van der Waals surface area contributed by atoms with Crippen LogP contribution in [0.15, 0.2) is 22.6 Å². The third-order valence-electron chi connectivity index (χ3n) is 5.41. The minimum atomic E-state index is 0.0213. The summed E-state index contributed by atoms with van der Waals surface area (Å²) in [6, 6.07) is 5.53. The van der Waals surface area contributed by atoms with Crippen molar-refractivity contribution < 1.29 is 9.21 Å². The van der Waals surface area contributed by atoms with Crippen molar-refractivity contribution in [1.29, 1.82) is 0 Å². The Morgan fingerprint density at radius 1 is 1.25 bits per heavy atom. The number of nitrogens with zero attached hydrogens (tertiary/aromatic N) is 2. The first-order valence-corrected chi connectivity index (χ1v) is 9.10. The quantitative estimate of drug-likeness (QED) is 0.904. The van der Waals surface area contributed by atoms with Crippen LogP contribution >= 0.6 is 11.6 Å². The highest BCUT2D eigenvalue weighted by Crippen LogP contribution is 2.33. The predicted molar refractivity (Wildman–Crippen MR) is 92.9 cm³/mol. The third-order valence-corrected chi connectivity index (χ3v) is 5.64. The van der Waals surface area contributed by atoms with E-state index in [9.17, 15) is 4.79 Å². The molecule has 0 spiro atoms. The maximum atomic E-state index is 12.6. The molecular weight excluding hydrogens is 326 g/mol. The zero-order valence-corrected chi connectivity index (χ0v) is 14.3. The Morgan fingerprint density at radius 3 is 2.75 bits per heavy atom. The molecule has 1 saturated carbocycles. The summed E-state index contributed by atoms with van der Waals surface area (Å²) in [5.41, 5.74) is 7.64. The number of halogens is 1. The molecule has 2 atom stereocenters. The van der Waals surface area contributed by atoms with Crippen LogP contribution < -0.4 is 5.73 Å². The van der Waals surface area contributed by atoms with Gasteiger partial charge >= 0.3 is 0 Å². The Bertz CT molecular complexity index is 752. The molecule has 0 bridgehead atoms. The highest BCUT2D eigenvalue weighted by molar-refractivity contribution is 6.31. The van der Waals surface area contributed by atoms with Gasteiger partial charge in [0, 0.05) is 30.1 Å². The van der Waals surface area contributed by atoms with Gasteiger partial charge in [-0.2, -0.15) is 0 Å². The molecule has 1 aliphatic carbocycles. The van der Waals surface area contributed by atoms with Crippen LogP contribution in [0.4, 0.5) is 0 Å². The van der Waals surface area contributed by atoms with Gasteiger partial charge in [0.15, 0.2) is 11.5 Å². The first-order chi connectivity index (χ1) is 11.6. The topological polar surface area (TPSA) is 72.4 Å². The SMILES string of the molecule is NC1CCCC1C(=O)N1CCC(c2nc3cc(Cl)ccc3o2)CC1. The number of carbonyl (C=O) groups is 1. The first-order valence-electron chi connectivity index (χ1n) is 8.72. The summed E-state index contributed by atoms with van der Waals surface area (Å²) >= 11 is 6.01. The molecule has 4 rings (SSSR count). The van der Waals surface area contributed by atoms with E-state index in [1.807, 2.05) is 23.1 Å². The summed E-state index contributed by atoms with van der Waals surface area (Å²) in [5, 5.41) is 0.663. The first kappa shape index (κ1) is 15.9. The molecule has 2 aromatic rings. The van der Waals surface area contributed by atoms with Crippen molar-refractivity contribution >= 4 is 28.6 Å². The zero-order valence-electron chi connectivity index (χ0n) is 13.6. The Kier molecular flexibility index (Phi) is 4.22. The predicted octanol–water partition coefficient (Wildman–Crippen LogP) is 3.31. The average molecular weight is 348 g/mol. The number of piperidine rings is 1. The van der Waals surface area contributed by atoms with Crippen molar-refractivity contribution in [3.63, 3.8) is 0 Å². The Morgan fingerprint density at radius 2 is 2.04 bits per heavy atom. The molecule has 1 saturated heterocycles. The smallest absolute Gasteiger partial charge is 0.227 e. The molecule has 6 heteroatoms. The fourth-order valence-corrected chi connectivity index (χ4v) is 4.14. The largest absolute Gasteiger partial charge is 0.440 e. The van der Waals surface area contributed by atoms with Gasteiger partial charge in [0.25, 0.3) is 0 Å². The van der Waals surface area contributed by atoms with E-state index < -0.39 is 0 Å². The minimum Gasteiger partial charge on any atom is -0.440 e. The fourth-order valence-electron chi connectivity index (χ4n) is 3.97. The van der Waals surface area contributed by atoms with Crippen LogP contribution in [0.3, 0.4) is 0 Å². The van der Waals surface area contributed by atoms with E-state index >= 15 is 0 Å². The minimum absolute atomic E-state index is 0.0213. The van der Waals surface area contributed by atoms with E-state index in [-0.39, 0.29) is 23.8 Å². The molecule has 24 heavy (non-hydrogen) atoms. The molecule has 5 nitrogen and oxygen atoms in total. The highest BCUT2D eigenvalue weighted by Gasteiger charge is 2.35. The third kappa shape index (κ3) is 2.91. The lowest BCUT2D eigenvalue weighted by atomic mass is 9.94. The van der Waals surface area contributed by atoms with E-state index in [0.717, 1.165) is 62.2 Å². The summed E-state index contributed by atoms with van der Waals surface area (Å²) in [6.07, 6.45) is 4.74. The molecule has 1 amide bonds. The van der Waals surface area contributed by atoms with E-state index in [1.165, 1.54) is 0 Å². The number of hydrogen-bond acceptors (Lipinski definition) is 4. The molecule has 2 N–H and O–H groups in total. The van der Waals surface area contributed by atoms with Gasteiger partial charge < -0.3 is 15.1 Å². The lowest BCUT2D eigenvalue weighted by Gasteiger charge is -2.33. The van der Waals surface area contributed by atoms with Crippen LogP contribution in [0.1, 0.15) is 43.9 Å². The number of likely N-dealkylation sites (tertiary alicyclic amines) is 1. The van der Waals surface area contributed by atoms with Crippen molar-refractivity contribution in [2.24, 2.45) is 11.7 Å². The Balaban J connectivity index is 1.42. The van der Waals surface area contributed by atoms with Gasteiger partial charge in [-0.05, 0) is 43.9 Å². The van der Waals surface area contributed by atoms with Gasteiger partial charge in [-0.1, -0.05) is 18.0 Å². The van der Waals surface area contributed by atoms with Gasteiger partial charge in [-0.15, -0.1) is 0 Å². The summed E-state index contributed by atoms with van der Waals surface area (Å²) in [7, 11) is 0. The van der Waals surface area contributed by atoms with Gasteiger partial charge in [0.1, 0.15) is 5.52 Å². The van der Waals surface area contributed by atoms with Crippen molar-refractivity contribution in [3.8, 4) is 0 Å². The molecule has 2 fully saturated rings. The number of aromatic nitrogens is 1. The Hall–Kier alpha value is -1.59. The number of amides is 1. The van der Waals surface area contributed by atoms with Gasteiger partial charge in [0.05, 0.1) is 5.92 Å². The van der Waals surface area contributed by atoms with E-state index in [0.29, 0.717) is 5.02 Å². The maximum absolute atomic E-state index is 12.6. The van der Waals surface area contributed by atoms with E-state index in [4.69, 9.17) is 21.8 Å². The molecule has 1 aromatic heterocycles. The van der Waals surface area contributed by atoms with Crippen LogP contribution in [0.2, 0.25) is 5.02 Å². The summed E-state index contributed by atoms with van der Waals surface area (Å²) in [4.78, 5) is 19.2. The summed E-state index contributed by atoms with van der Waals surface area (Å²) in [5.74, 6) is 1.28. The lowest BCUT2D eigenvalue weighted by Crippen LogP contribution is -2.45. The average Bonchev–Trinajstić information content (AvgIpc) is 3.20. The van der Waals surface area contributed by atoms with Crippen LogP contribution in [0, 0.1) is 5.92 Å². The van der Waals surface area contributed by atoms with Crippen molar-refractivity contribution in [3.05, 3.63) is 29.1 Å². The number of oxazole rings is 1. The van der Waals surface area contributed by atoms with Gasteiger partial charge in [0.2, 0.25) is 5.91 Å². The summed E-state index contributed by atoms with van der Waals surface area (Å²) in [6.45, 7) is 1.51. The van der Waals surface area contributed by atoms with Crippen molar-refractivity contribution in [1.82, 2.24) is 9.88 Å². The summed E-state index contributed by atoms with van der Waals surface area (Å²) < 4.78 is 5.88. The monoisotopic (exact) mass is 347 g/mol. The molecule has 2 unspecified atom stereocenters. The maximum Gasteiger partial charge on any atom is 0.227 e. The second-order valence-corrected chi connectivity index (χ2v) is 7.40. The van der Waals surface area contributed by atoms with Crippen LogP contribution in [-0.2, 0) is 4.79 Å². The number of fused-ring (bicyclic) bond motifs is 1. The Labute approximate surface area is 146 Å². The molecule has 2 heterocycles. The van der Waals surface area contributed by atoms with Crippen LogP contribution in [-0.4, -0.2) is 34.9 Å². The van der Waals surface area contributed by atoms with Crippen molar-refractivity contribution in [2.45, 2.75) is 44.1 Å². The molecule has 1 aromatic carbocycles. The number of nitrogens with two attached hydrogens (primary N) is 1. The van der Waals surface area contributed by atoms with Crippen LogP contribution in [0.5, 0.6) is 0 Å². The zero-order chi connectivity index (χ0) is 16.7. The second kappa shape index (κ2) is 6.37. The number of rotatable bonds is 2. The normalized spacial score (nSPS) is 25.5. The second-order valence-electron chi connectivity index (χ2n) is 6.96. The van der Waals surface area contributed by atoms with E-state index in [2.05, 4.69) is 4.98 Å². The number of carbonyl (C=O) groups excluding carboxylic acids is 1. The highest BCUT2D eigenvalue weighted by atomic mass is 35.5. The molecule has 2 aliphatic rings. The lowest BCUT2D eigenvalue weighted by molar-refractivity contribution is -0.136. The molecule has 128 valence electrons. The molecular formula is C18H22ClN3O2. The molecule has 1 aliphatic heterocycles. The van der Waals surface area contributed by atoms with E-state index in [1.54, 1.807) is 0 Å². The molecule has 0 radical (unpaired) electrons. The number of hydrogen-bond donors (Lipinski definition) is 1. The van der Waals surface area contributed by atoms with Crippen molar-refractivity contribution in [2.75, 3.05) is 13.1 Å². The fraction of sp³-hybridized carbons (Fsp3) is 0.556. The van der Waals surface area contributed by atoms with Gasteiger partial charge in [-0.3, -0.25) is 4.79 Å². The standard InChI is InChI=1S/C18H22ClN3O2/c19-12-4-5-16-15(10-12)21-17(24-16)11-6-8-22(9-7-11)18(23)13-2-1-3-14(13)20/h4-5,10-11,13-14H,1-3,6-9,20H2.